The predicted octanol–water partition coefficient (Wildman–Crippen LogP) is 3.76. The lowest BCUT2D eigenvalue weighted by Gasteiger charge is -2.37. The minimum Gasteiger partial charge on any atom is -0.370 e. The standard InChI is InChI=1S/C21H26ClN3O2S/c1-17-7-9-18(10-8-17)28(26,27)25-15-13-24(14-16-25)21-19(22)5-4-6-20(21)23-11-2-3-12-23/h4-10H,2-3,11-16H2,1H3. The van der Waals surface area contributed by atoms with Gasteiger partial charge in [0.25, 0.3) is 0 Å². The lowest BCUT2D eigenvalue weighted by atomic mass is 10.2. The normalized spacial score (nSPS) is 18.6. The average molecular weight is 420 g/mol. The lowest BCUT2D eigenvalue weighted by Crippen LogP contribution is -2.49. The van der Waals surface area contributed by atoms with Gasteiger partial charge < -0.3 is 9.80 Å². The summed E-state index contributed by atoms with van der Waals surface area (Å²) in [6.07, 6.45) is 2.41. The summed E-state index contributed by atoms with van der Waals surface area (Å²) < 4.78 is 27.5. The highest BCUT2D eigenvalue weighted by molar-refractivity contribution is 7.89. The molecular formula is C21H26ClN3O2S. The maximum atomic E-state index is 13.0. The molecule has 2 fully saturated rings. The van der Waals surface area contributed by atoms with Gasteiger partial charge in [0.15, 0.2) is 0 Å². The van der Waals surface area contributed by atoms with Gasteiger partial charge in [0, 0.05) is 39.3 Å². The lowest BCUT2D eigenvalue weighted by molar-refractivity contribution is 0.385. The number of sulfonamides is 1. The molecule has 0 aliphatic carbocycles. The molecule has 0 N–H and O–H groups in total. The summed E-state index contributed by atoms with van der Waals surface area (Å²) in [6, 6.07) is 13.1. The van der Waals surface area contributed by atoms with Gasteiger partial charge >= 0.3 is 0 Å². The Labute approximate surface area is 172 Å². The first-order chi connectivity index (χ1) is 13.5. The number of para-hydroxylation sites is 1. The minimum absolute atomic E-state index is 0.363. The fraction of sp³-hybridized carbons (Fsp3) is 0.429. The van der Waals surface area contributed by atoms with Crippen molar-refractivity contribution in [2.24, 2.45) is 0 Å². The van der Waals surface area contributed by atoms with E-state index in [4.69, 9.17) is 11.6 Å². The molecule has 0 bridgehead atoms. The monoisotopic (exact) mass is 419 g/mol. The summed E-state index contributed by atoms with van der Waals surface area (Å²) in [5.41, 5.74) is 3.26. The number of nitrogens with zero attached hydrogens (tertiary/aromatic N) is 3. The third-order valence-corrected chi connectivity index (χ3v) is 7.84. The number of benzene rings is 2. The van der Waals surface area contributed by atoms with Crippen molar-refractivity contribution in [2.45, 2.75) is 24.7 Å². The minimum atomic E-state index is -3.46. The maximum absolute atomic E-state index is 13.0. The molecule has 2 saturated heterocycles. The van der Waals surface area contributed by atoms with E-state index in [1.165, 1.54) is 18.5 Å². The Hall–Kier alpha value is -1.76. The summed E-state index contributed by atoms with van der Waals surface area (Å²) in [4.78, 5) is 4.98. The van der Waals surface area contributed by atoms with Crippen LogP contribution in [0.1, 0.15) is 18.4 Å². The van der Waals surface area contributed by atoms with Gasteiger partial charge in [-0.05, 0) is 44.0 Å². The predicted molar refractivity (Wildman–Crippen MR) is 115 cm³/mol. The Balaban J connectivity index is 1.53. The fourth-order valence-corrected chi connectivity index (χ4v) is 5.75. The van der Waals surface area contributed by atoms with Crippen molar-refractivity contribution in [2.75, 3.05) is 49.1 Å². The van der Waals surface area contributed by atoms with Gasteiger partial charge in [-0.3, -0.25) is 0 Å². The van der Waals surface area contributed by atoms with Crippen LogP contribution in [-0.2, 0) is 10.0 Å². The second kappa shape index (κ2) is 7.93. The van der Waals surface area contributed by atoms with Crippen molar-refractivity contribution in [3.05, 3.63) is 53.1 Å². The zero-order valence-corrected chi connectivity index (χ0v) is 17.7. The molecule has 150 valence electrons. The van der Waals surface area contributed by atoms with E-state index in [0.29, 0.717) is 31.1 Å². The maximum Gasteiger partial charge on any atom is 0.243 e. The van der Waals surface area contributed by atoms with Crippen LogP contribution >= 0.6 is 11.6 Å². The molecule has 0 unspecified atom stereocenters. The number of piperazine rings is 1. The van der Waals surface area contributed by atoms with Gasteiger partial charge in [-0.1, -0.05) is 35.4 Å². The van der Waals surface area contributed by atoms with Crippen molar-refractivity contribution < 1.29 is 8.42 Å². The van der Waals surface area contributed by atoms with Crippen LogP contribution in [0.4, 0.5) is 11.4 Å². The number of halogens is 1. The van der Waals surface area contributed by atoms with Gasteiger partial charge in [0.05, 0.1) is 21.3 Å². The summed E-state index contributed by atoms with van der Waals surface area (Å²) in [7, 11) is -3.46. The summed E-state index contributed by atoms with van der Waals surface area (Å²) in [6.45, 7) is 6.24. The number of anilines is 2. The largest absolute Gasteiger partial charge is 0.370 e. The molecule has 0 aromatic heterocycles. The number of rotatable bonds is 4. The zero-order valence-electron chi connectivity index (χ0n) is 16.1. The Morgan fingerprint density at radius 1 is 0.821 bits per heavy atom. The molecule has 7 heteroatoms. The molecule has 28 heavy (non-hydrogen) atoms. The van der Waals surface area contributed by atoms with Gasteiger partial charge in [0.2, 0.25) is 10.0 Å². The van der Waals surface area contributed by atoms with Crippen molar-refractivity contribution in [3.8, 4) is 0 Å². The Bertz CT molecular complexity index is 933. The molecule has 2 heterocycles. The van der Waals surface area contributed by atoms with Crippen LogP contribution in [-0.4, -0.2) is 52.0 Å². The molecule has 2 aliphatic heterocycles. The smallest absolute Gasteiger partial charge is 0.243 e. The highest BCUT2D eigenvalue weighted by Gasteiger charge is 2.30. The molecule has 5 nitrogen and oxygen atoms in total. The van der Waals surface area contributed by atoms with E-state index in [2.05, 4.69) is 15.9 Å². The second-order valence-corrected chi connectivity index (χ2v) is 9.85. The van der Waals surface area contributed by atoms with Crippen LogP contribution < -0.4 is 9.80 Å². The van der Waals surface area contributed by atoms with Crippen LogP contribution in [0.5, 0.6) is 0 Å². The van der Waals surface area contributed by atoms with Crippen molar-refractivity contribution in [1.82, 2.24) is 4.31 Å². The van der Waals surface area contributed by atoms with Crippen LogP contribution in [0.2, 0.25) is 5.02 Å². The first kappa shape index (κ1) is 19.6. The van der Waals surface area contributed by atoms with Gasteiger partial charge in [-0.15, -0.1) is 0 Å². The van der Waals surface area contributed by atoms with E-state index in [0.717, 1.165) is 29.4 Å². The van der Waals surface area contributed by atoms with E-state index in [-0.39, 0.29) is 0 Å². The van der Waals surface area contributed by atoms with E-state index in [1.807, 2.05) is 31.2 Å². The molecule has 0 saturated carbocycles. The van der Waals surface area contributed by atoms with Gasteiger partial charge in [-0.2, -0.15) is 4.31 Å². The van der Waals surface area contributed by atoms with Crippen molar-refractivity contribution in [1.29, 1.82) is 0 Å². The molecule has 0 radical (unpaired) electrons. The van der Waals surface area contributed by atoms with Gasteiger partial charge in [-0.25, -0.2) is 8.42 Å². The average Bonchev–Trinajstić information content (AvgIpc) is 3.23. The molecule has 0 spiro atoms. The molecule has 0 atom stereocenters. The van der Waals surface area contributed by atoms with E-state index >= 15 is 0 Å². The topological polar surface area (TPSA) is 43.9 Å². The summed E-state index contributed by atoms with van der Waals surface area (Å²) >= 11 is 6.58. The zero-order chi connectivity index (χ0) is 19.7. The second-order valence-electron chi connectivity index (χ2n) is 7.51. The third-order valence-electron chi connectivity index (χ3n) is 5.63. The van der Waals surface area contributed by atoms with Crippen LogP contribution in [0, 0.1) is 6.92 Å². The summed E-state index contributed by atoms with van der Waals surface area (Å²) in [5, 5.41) is 0.735. The van der Waals surface area contributed by atoms with E-state index in [1.54, 1.807) is 16.4 Å². The van der Waals surface area contributed by atoms with Crippen LogP contribution in [0.25, 0.3) is 0 Å². The Morgan fingerprint density at radius 3 is 2.11 bits per heavy atom. The van der Waals surface area contributed by atoms with E-state index < -0.39 is 10.0 Å². The molecule has 2 aromatic carbocycles. The molecule has 0 amide bonds. The number of aryl methyl sites for hydroxylation is 1. The number of hydrogen-bond donors (Lipinski definition) is 0. The quantitative estimate of drug-likeness (QED) is 0.756. The third kappa shape index (κ3) is 3.73. The van der Waals surface area contributed by atoms with E-state index in [9.17, 15) is 8.42 Å². The van der Waals surface area contributed by atoms with Crippen molar-refractivity contribution >= 4 is 33.0 Å². The fourth-order valence-electron chi connectivity index (χ4n) is 4.04. The molecule has 2 aliphatic rings. The van der Waals surface area contributed by atoms with Crippen molar-refractivity contribution in [3.63, 3.8) is 0 Å². The highest BCUT2D eigenvalue weighted by atomic mass is 35.5. The summed E-state index contributed by atoms with van der Waals surface area (Å²) in [5.74, 6) is 0. The molecular weight excluding hydrogens is 394 g/mol. The van der Waals surface area contributed by atoms with Gasteiger partial charge in [0.1, 0.15) is 0 Å². The Morgan fingerprint density at radius 2 is 1.46 bits per heavy atom. The highest BCUT2D eigenvalue weighted by Crippen LogP contribution is 2.38. The molecule has 2 aromatic rings. The molecule has 4 rings (SSSR count). The van der Waals surface area contributed by atoms with Crippen LogP contribution in [0.15, 0.2) is 47.4 Å². The van der Waals surface area contributed by atoms with Crippen LogP contribution in [0.3, 0.4) is 0 Å². The Kier molecular flexibility index (Phi) is 5.54. The first-order valence-corrected chi connectivity index (χ1v) is 11.6. The number of hydrogen-bond acceptors (Lipinski definition) is 4. The SMILES string of the molecule is Cc1ccc(S(=O)(=O)N2CCN(c3c(Cl)cccc3N3CCCC3)CC2)cc1. The first-order valence-electron chi connectivity index (χ1n) is 9.82.